The maximum atomic E-state index is 6.02. The van der Waals surface area contributed by atoms with E-state index in [4.69, 9.17) is 5.73 Å². The van der Waals surface area contributed by atoms with E-state index >= 15 is 0 Å². The summed E-state index contributed by atoms with van der Waals surface area (Å²) in [6.07, 6.45) is 0.750. The standard InChI is InChI=1S/C8H8BrN3S2/c9-8-1-5(3-13-8)7(10)2-6-4-14-12-11-6/h1,3-4,7H,2,10H2. The van der Waals surface area contributed by atoms with Gasteiger partial charge in [0, 0.05) is 17.8 Å². The SMILES string of the molecule is NC(Cc1csnn1)c1csc(Br)c1. The number of thiophene rings is 1. The number of rotatable bonds is 3. The van der Waals surface area contributed by atoms with Crippen molar-refractivity contribution in [3.8, 4) is 0 Å². The lowest BCUT2D eigenvalue weighted by Gasteiger charge is -2.06. The first-order valence-corrected chi connectivity index (χ1v) is 6.52. The molecule has 0 aliphatic heterocycles. The lowest BCUT2D eigenvalue weighted by Crippen LogP contribution is -2.12. The van der Waals surface area contributed by atoms with Crippen LogP contribution in [0.4, 0.5) is 0 Å². The Hall–Kier alpha value is -0.300. The highest BCUT2D eigenvalue weighted by Crippen LogP contribution is 2.25. The van der Waals surface area contributed by atoms with Gasteiger partial charge in [-0.3, -0.25) is 0 Å². The fraction of sp³-hybridized carbons (Fsp3) is 0.250. The van der Waals surface area contributed by atoms with Crippen LogP contribution in [0.15, 0.2) is 20.6 Å². The number of nitrogens with two attached hydrogens (primary N) is 1. The molecule has 0 amide bonds. The normalized spacial score (nSPS) is 13.0. The van der Waals surface area contributed by atoms with Crippen LogP contribution >= 0.6 is 38.8 Å². The van der Waals surface area contributed by atoms with Gasteiger partial charge in [-0.05, 0) is 44.5 Å². The Morgan fingerprint density at radius 3 is 2.93 bits per heavy atom. The van der Waals surface area contributed by atoms with Gasteiger partial charge in [0.25, 0.3) is 0 Å². The lowest BCUT2D eigenvalue weighted by atomic mass is 10.1. The average molecular weight is 290 g/mol. The third-order valence-corrected chi connectivity index (χ3v) is 3.93. The molecule has 3 nitrogen and oxygen atoms in total. The quantitative estimate of drug-likeness (QED) is 0.945. The van der Waals surface area contributed by atoms with Crippen molar-refractivity contribution in [3.05, 3.63) is 31.9 Å². The summed E-state index contributed by atoms with van der Waals surface area (Å²) in [5, 5.41) is 7.96. The minimum atomic E-state index is 0.0152. The third-order valence-electron chi connectivity index (χ3n) is 1.85. The molecule has 74 valence electrons. The second-order valence-electron chi connectivity index (χ2n) is 2.89. The van der Waals surface area contributed by atoms with E-state index in [1.807, 2.05) is 5.38 Å². The molecule has 2 heterocycles. The Balaban J connectivity index is 2.06. The largest absolute Gasteiger partial charge is 0.324 e. The molecule has 1 unspecified atom stereocenters. The highest BCUT2D eigenvalue weighted by molar-refractivity contribution is 9.11. The molecule has 2 N–H and O–H groups in total. The Kier molecular flexibility index (Phi) is 3.27. The summed E-state index contributed by atoms with van der Waals surface area (Å²) in [7, 11) is 0. The van der Waals surface area contributed by atoms with Gasteiger partial charge < -0.3 is 5.73 Å². The summed E-state index contributed by atoms with van der Waals surface area (Å²) in [5.74, 6) is 0. The van der Waals surface area contributed by atoms with Crippen LogP contribution in [-0.4, -0.2) is 9.59 Å². The van der Waals surface area contributed by atoms with Crippen LogP contribution < -0.4 is 5.73 Å². The Morgan fingerprint density at radius 2 is 2.36 bits per heavy atom. The number of halogens is 1. The predicted octanol–water partition coefficient (Wildman–Crippen LogP) is 2.60. The van der Waals surface area contributed by atoms with Crippen LogP contribution in [0, 0.1) is 0 Å². The van der Waals surface area contributed by atoms with Crippen molar-refractivity contribution < 1.29 is 0 Å². The second-order valence-corrected chi connectivity index (χ2v) is 5.79. The predicted molar refractivity (Wildman–Crippen MR) is 62.6 cm³/mol. The maximum absolute atomic E-state index is 6.02. The van der Waals surface area contributed by atoms with Crippen LogP contribution in [-0.2, 0) is 6.42 Å². The number of hydrogen-bond acceptors (Lipinski definition) is 5. The first-order chi connectivity index (χ1) is 6.75. The highest BCUT2D eigenvalue weighted by atomic mass is 79.9. The van der Waals surface area contributed by atoms with Crippen LogP contribution in [0.5, 0.6) is 0 Å². The zero-order valence-electron chi connectivity index (χ0n) is 7.18. The van der Waals surface area contributed by atoms with Gasteiger partial charge in [0.15, 0.2) is 0 Å². The smallest absolute Gasteiger partial charge is 0.0774 e. The van der Waals surface area contributed by atoms with Crippen LogP contribution in [0.25, 0.3) is 0 Å². The van der Waals surface area contributed by atoms with Gasteiger partial charge >= 0.3 is 0 Å². The molecule has 0 aliphatic carbocycles. The topological polar surface area (TPSA) is 51.8 Å². The summed E-state index contributed by atoms with van der Waals surface area (Å²) < 4.78 is 4.91. The summed E-state index contributed by atoms with van der Waals surface area (Å²) in [4.78, 5) is 0. The van der Waals surface area contributed by atoms with Gasteiger partial charge in [0.1, 0.15) is 0 Å². The highest BCUT2D eigenvalue weighted by Gasteiger charge is 2.10. The first kappa shape index (κ1) is 10.2. The molecule has 14 heavy (non-hydrogen) atoms. The molecule has 0 saturated carbocycles. The van der Waals surface area contributed by atoms with E-state index in [1.165, 1.54) is 11.5 Å². The van der Waals surface area contributed by atoms with E-state index in [0.29, 0.717) is 0 Å². The molecule has 0 saturated heterocycles. The van der Waals surface area contributed by atoms with Crippen molar-refractivity contribution in [2.45, 2.75) is 12.5 Å². The summed E-state index contributed by atoms with van der Waals surface area (Å²) in [5.41, 5.74) is 8.13. The van der Waals surface area contributed by atoms with E-state index in [1.54, 1.807) is 11.3 Å². The monoisotopic (exact) mass is 289 g/mol. The molecule has 2 aromatic heterocycles. The number of aromatic nitrogens is 2. The van der Waals surface area contributed by atoms with Crippen LogP contribution in [0.3, 0.4) is 0 Å². The molecule has 2 aromatic rings. The van der Waals surface area contributed by atoms with E-state index in [0.717, 1.165) is 21.5 Å². The number of nitrogens with zero attached hydrogens (tertiary/aromatic N) is 2. The third kappa shape index (κ3) is 2.38. The van der Waals surface area contributed by atoms with Gasteiger partial charge in [-0.25, -0.2) is 0 Å². The van der Waals surface area contributed by atoms with Crippen molar-refractivity contribution in [2.75, 3.05) is 0 Å². The van der Waals surface area contributed by atoms with Crippen molar-refractivity contribution in [3.63, 3.8) is 0 Å². The first-order valence-electron chi connectivity index (χ1n) is 4.01. The van der Waals surface area contributed by atoms with E-state index in [2.05, 4.69) is 37.0 Å². The van der Waals surface area contributed by atoms with Crippen LogP contribution in [0.2, 0.25) is 0 Å². The fourth-order valence-corrected chi connectivity index (χ4v) is 2.84. The molecule has 0 spiro atoms. The lowest BCUT2D eigenvalue weighted by molar-refractivity contribution is 0.706. The van der Waals surface area contributed by atoms with Gasteiger partial charge in [-0.15, -0.1) is 16.4 Å². The van der Waals surface area contributed by atoms with Gasteiger partial charge in [-0.1, -0.05) is 4.49 Å². The van der Waals surface area contributed by atoms with Gasteiger partial charge in [0.2, 0.25) is 0 Å². The van der Waals surface area contributed by atoms with Crippen molar-refractivity contribution in [2.24, 2.45) is 5.73 Å². The molecule has 0 radical (unpaired) electrons. The molecular formula is C8H8BrN3S2. The number of hydrogen-bond donors (Lipinski definition) is 1. The average Bonchev–Trinajstić information content (AvgIpc) is 2.75. The van der Waals surface area contributed by atoms with Crippen LogP contribution in [0.1, 0.15) is 17.3 Å². The molecule has 6 heteroatoms. The minimum absolute atomic E-state index is 0.0152. The zero-order chi connectivity index (χ0) is 9.97. The zero-order valence-corrected chi connectivity index (χ0v) is 10.4. The maximum Gasteiger partial charge on any atom is 0.0774 e. The molecular weight excluding hydrogens is 282 g/mol. The van der Waals surface area contributed by atoms with Crippen molar-refractivity contribution >= 4 is 38.8 Å². The van der Waals surface area contributed by atoms with Gasteiger partial charge in [-0.2, -0.15) is 0 Å². The van der Waals surface area contributed by atoms with E-state index in [-0.39, 0.29) is 6.04 Å². The Morgan fingerprint density at radius 1 is 1.50 bits per heavy atom. The summed E-state index contributed by atoms with van der Waals surface area (Å²) in [6.45, 7) is 0. The van der Waals surface area contributed by atoms with Gasteiger partial charge in [0.05, 0.1) is 9.48 Å². The minimum Gasteiger partial charge on any atom is -0.324 e. The molecule has 2 rings (SSSR count). The Labute approximate surface area is 98.3 Å². The molecule has 1 atom stereocenters. The second kappa shape index (κ2) is 4.48. The fourth-order valence-electron chi connectivity index (χ4n) is 1.13. The van der Waals surface area contributed by atoms with Crippen molar-refractivity contribution in [1.29, 1.82) is 0 Å². The van der Waals surface area contributed by atoms with Crippen molar-refractivity contribution in [1.82, 2.24) is 9.59 Å². The molecule has 0 bridgehead atoms. The molecule has 0 aliphatic rings. The molecule has 0 fully saturated rings. The summed E-state index contributed by atoms with van der Waals surface area (Å²) in [6, 6.07) is 2.07. The van der Waals surface area contributed by atoms with E-state index < -0.39 is 0 Å². The summed E-state index contributed by atoms with van der Waals surface area (Å²) >= 11 is 6.42. The Bertz CT molecular complexity index is 398. The molecule has 0 aromatic carbocycles. The van der Waals surface area contributed by atoms with E-state index in [9.17, 15) is 0 Å².